The van der Waals surface area contributed by atoms with Gasteiger partial charge in [-0.1, -0.05) is 12.1 Å². The van der Waals surface area contributed by atoms with Gasteiger partial charge in [-0.15, -0.1) is 0 Å². The van der Waals surface area contributed by atoms with Crippen LogP contribution in [-0.2, 0) is 4.74 Å². The van der Waals surface area contributed by atoms with Crippen molar-refractivity contribution >= 4 is 0 Å². The zero-order chi connectivity index (χ0) is 11.5. The van der Waals surface area contributed by atoms with E-state index in [1.54, 1.807) is 7.11 Å². The monoisotopic (exact) mass is 222 g/mol. The molecule has 0 aliphatic carbocycles. The SMILES string of the molecule is COc1ccc(C(CO)C2COC2)cc1C. The smallest absolute Gasteiger partial charge is 0.121 e. The van der Waals surface area contributed by atoms with Crippen LogP contribution in [0.15, 0.2) is 18.2 Å². The molecule has 1 heterocycles. The molecule has 0 bridgehead atoms. The maximum absolute atomic E-state index is 9.45. The molecule has 0 amide bonds. The summed E-state index contributed by atoms with van der Waals surface area (Å²) in [5.74, 6) is 1.54. The number of methoxy groups -OCH3 is 1. The van der Waals surface area contributed by atoms with E-state index in [0.717, 1.165) is 24.5 Å². The molecule has 0 radical (unpaired) electrons. The topological polar surface area (TPSA) is 38.7 Å². The van der Waals surface area contributed by atoms with Gasteiger partial charge in [0.25, 0.3) is 0 Å². The largest absolute Gasteiger partial charge is 0.496 e. The second-order valence-electron chi connectivity index (χ2n) is 4.32. The molecule has 1 unspecified atom stereocenters. The Kier molecular flexibility index (Phi) is 3.46. The predicted molar refractivity (Wildman–Crippen MR) is 61.9 cm³/mol. The molecular formula is C13H18O3. The van der Waals surface area contributed by atoms with E-state index in [1.165, 1.54) is 5.56 Å². The van der Waals surface area contributed by atoms with Crippen LogP contribution >= 0.6 is 0 Å². The molecular weight excluding hydrogens is 204 g/mol. The van der Waals surface area contributed by atoms with Crippen LogP contribution in [-0.4, -0.2) is 32.0 Å². The number of aliphatic hydroxyl groups excluding tert-OH is 1. The fourth-order valence-corrected chi connectivity index (χ4v) is 2.15. The highest BCUT2D eigenvalue weighted by atomic mass is 16.5. The number of benzene rings is 1. The average Bonchev–Trinajstić information content (AvgIpc) is 2.23. The third-order valence-electron chi connectivity index (χ3n) is 3.28. The molecule has 16 heavy (non-hydrogen) atoms. The number of hydrogen-bond donors (Lipinski definition) is 1. The first kappa shape index (κ1) is 11.4. The fraction of sp³-hybridized carbons (Fsp3) is 0.538. The number of aliphatic hydroxyl groups is 1. The minimum Gasteiger partial charge on any atom is -0.496 e. The summed E-state index contributed by atoms with van der Waals surface area (Å²) in [7, 11) is 1.67. The van der Waals surface area contributed by atoms with E-state index in [-0.39, 0.29) is 12.5 Å². The van der Waals surface area contributed by atoms with Crippen LogP contribution in [0.5, 0.6) is 5.75 Å². The van der Waals surface area contributed by atoms with E-state index in [2.05, 4.69) is 6.07 Å². The second kappa shape index (κ2) is 4.85. The van der Waals surface area contributed by atoms with Gasteiger partial charge in [-0.05, 0) is 24.1 Å². The Morgan fingerprint density at radius 3 is 2.69 bits per heavy atom. The van der Waals surface area contributed by atoms with Crippen molar-refractivity contribution in [3.63, 3.8) is 0 Å². The Bertz CT molecular complexity index is 358. The Labute approximate surface area is 96.0 Å². The average molecular weight is 222 g/mol. The maximum atomic E-state index is 9.45. The maximum Gasteiger partial charge on any atom is 0.121 e. The Balaban J connectivity index is 2.21. The summed E-state index contributed by atoms with van der Waals surface area (Å²) in [4.78, 5) is 0. The van der Waals surface area contributed by atoms with Crippen molar-refractivity contribution in [2.45, 2.75) is 12.8 Å². The minimum atomic E-state index is 0.180. The van der Waals surface area contributed by atoms with Crippen molar-refractivity contribution in [2.75, 3.05) is 26.9 Å². The molecule has 1 N–H and O–H groups in total. The summed E-state index contributed by atoms with van der Waals surface area (Å²) in [6.45, 7) is 3.72. The van der Waals surface area contributed by atoms with Crippen LogP contribution in [0.4, 0.5) is 0 Å². The van der Waals surface area contributed by atoms with E-state index in [1.807, 2.05) is 19.1 Å². The van der Waals surface area contributed by atoms with Gasteiger partial charge in [0, 0.05) is 11.8 Å². The summed E-state index contributed by atoms with van der Waals surface area (Å²) in [5.41, 5.74) is 2.28. The van der Waals surface area contributed by atoms with E-state index < -0.39 is 0 Å². The third kappa shape index (κ3) is 2.06. The normalized spacial score (nSPS) is 17.9. The first-order valence-electron chi connectivity index (χ1n) is 5.59. The minimum absolute atomic E-state index is 0.180. The molecule has 1 atom stereocenters. The molecule has 0 aromatic heterocycles. The molecule has 88 valence electrons. The van der Waals surface area contributed by atoms with Crippen LogP contribution in [0, 0.1) is 12.8 Å². The molecule has 0 spiro atoms. The summed E-state index contributed by atoms with van der Waals surface area (Å²) in [6.07, 6.45) is 0. The second-order valence-corrected chi connectivity index (χ2v) is 4.32. The molecule has 1 fully saturated rings. The number of aryl methyl sites for hydroxylation is 1. The molecule has 1 saturated heterocycles. The Morgan fingerprint density at radius 2 is 2.25 bits per heavy atom. The first-order valence-corrected chi connectivity index (χ1v) is 5.59. The van der Waals surface area contributed by atoms with Gasteiger partial charge in [0.1, 0.15) is 5.75 Å². The van der Waals surface area contributed by atoms with Crippen molar-refractivity contribution in [1.82, 2.24) is 0 Å². The zero-order valence-electron chi connectivity index (χ0n) is 9.77. The standard InChI is InChI=1S/C13H18O3/c1-9-5-10(3-4-13(9)15-2)12(6-14)11-7-16-8-11/h3-5,11-12,14H,6-8H2,1-2H3. The zero-order valence-corrected chi connectivity index (χ0v) is 9.77. The number of hydrogen-bond acceptors (Lipinski definition) is 3. The van der Waals surface area contributed by atoms with E-state index >= 15 is 0 Å². The predicted octanol–water partition coefficient (Wildman–Crippen LogP) is 1.73. The van der Waals surface area contributed by atoms with Crippen molar-refractivity contribution < 1.29 is 14.6 Å². The lowest BCUT2D eigenvalue weighted by molar-refractivity contribution is -0.0527. The lowest BCUT2D eigenvalue weighted by atomic mass is 9.85. The van der Waals surface area contributed by atoms with Gasteiger partial charge in [-0.25, -0.2) is 0 Å². The summed E-state index contributed by atoms with van der Waals surface area (Å²) in [5, 5.41) is 9.45. The summed E-state index contributed by atoms with van der Waals surface area (Å²) >= 11 is 0. The first-order chi connectivity index (χ1) is 7.76. The van der Waals surface area contributed by atoms with Crippen LogP contribution < -0.4 is 4.74 Å². The molecule has 0 saturated carbocycles. The molecule has 1 aromatic rings. The molecule has 1 aromatic carbocycles. The van der Waals surface area contributed by atoms with Crippen LogP contribution in [0.3, 0.4) is 0 Å². The molecule has 2 rings (SSSR count). The van der Waals surface area contributed by atoms with Crippen molar-refractivity contribution in [3.8, 4) is 5.75 Å². The third-order valence-corrected chi connectivity index (χ3v) is 3.28. The highest BCUT2D eigenvalue weighted by Crippen LogP contribution is 2.32. The van der Waals surface area contributed by atoms with Crippen molar-refractivity contribution in [3.05, 3.63) is 29.3 Å². The van der Waals surface area contributed by atoms with Gasteiger partial charge in [-0.2, -0.15) is 0 Å². The van der Waals surface area contributed by atoms with Gasteiger partial charge in [0.15, 0.2) is 0 Å². The lowest BCUT2D eigenvalue weighted by Crippen LogP contribution is -2.34. The van der Waals surface area contributed by atoms with Gasteiger partial charge in [-0.3, -0.25) is 0 Å². The van der Waals surface area contributed by atoms with Gasteiger partial charge < -0.3 is 14.6 Å². The molecule has 3 nitrogen and oxygen atoms in total. The number of rotatable bonds is 4. The molecule has 1 aliphatic rings. The van der Waals surface area contributed by atoms with Crippen molar-refractivity contribution in [1.29, 1.82) is 0 Å². The number of ether oxygens (including phenoxy) is 2. The van der Waals surface area contributed by atoms with E-state index in [9.17, 15) is 5.11 Å². The van der Waals surface area contributed by atoms with Crippen LogP contribution in [0.25, 0.3) is 0 Å². The summed E-state index contributed by atoms with van der Waals surface area (Å²) < 4.78 is 10.4. The lowest BCUT2D eigenvalue weighted by Gasteiger charge is -2.33. The molecule has 3 heteroatoms. The fourth-order valence-electron chi connectivity index (χ4n) is 2.15. The Morgan fingerprint density at radius 1 is 1.50 bits per heavy atom. The summed E-state index contributed by atoms with van der Waals surface area (Å²) in [6, 6.07) is 6.09. The van der Waals surface area contributed by atoms with Gasteiger partial charge in [0.05, 0.1) is 26.9 Å². The highest BCUT2D eigenvalue weighted by molar-refractivity contribution is 5.38. The molecule has 1 aliphatic heterocycles. The van der Waals surface area contributed by atoms with Crippen molar-refractivity contribution in [2.24, 2.45) is 5.92 Å². The van der Waals surface area contributed by atoms with Crippen LogP contribution in [0.2, 0.25) is 0 Å². The van der Waals surface area contributed by atoms with Crippen LogP contribution in [0.1, 0.15) is 17.0 Å². The highest BCUT2D eigenvalue weighted by Gasteiger charge is 2.29. The van der Waals surface area contributed by atoms with Gasteiger partial charge >= 0.3 is 0 Å². The Hall–Kier alpha value is -1.06. The quantitative estimate of drug-likeness (QED) is 0.843. The van der Waals surface area contributed by atoms with E-state index in [0.29, 0.717) is 5.92 Å². The van der Waals surface area contributed by atoms with Gasteiger partial charge in [0.2, 0.25) is 0 Å². The van der Waals surface area contributed by atoms with E-state index in [4.69, 9.17) is 9.47 Å².